The molecule has 17 heavy (non-hydrogen) atoms. The monoisotopic (exact) mass is 233 g/mol. The van der Waals surface area contributed by atoms with Crippen LogP contribution in [0.5, 0.6) is 0 Å². The summed E-state index contributed by atoms with van der Waals surface area (Å²) < 4.78 is 0. The van der Waals surface area contributed by atoms with Crippen molar-refractivity contribution >= 4 is 11.7 Å². The van der Waals surface area contributed by atoms with Crippen LogP contribution in [-0.2, 0) is 0 Å². The van der Waals surface area contributed by atoms with E-state index in [4.69, 9.17) is 5.73 Å². The van der Waals surface area contributed by atoms with Crippen LogP contribution in [0, 0.1) is 13.8 Å². The second kappa shape index (κ2) is 4.37. The summed E-state index contributed by atoms with van der Waals surface area (Å²) >= 11 is 0. The predicted octanol–water partition coefficient (Wildman–Crippen LogP) is 1.50. The molecule has 1 aromatic carbocycles. The van der Waals surface area contributed by atoms with Gasteiger partial charge in [-0.1, -0.05) is 12.1 Å². The number of rotatable bonds is 2. The molecule has 0 spiro atoms. The summed E-state index contributed by atoms with van der Waals surface area (Å²) in [7, 11) is 1.81. The fraction of sp³-hybridized carbons (Fsp3) is 0.462. The highest BCUT2D eigenvalue weighted by atomic mass is 16.2. The minimum atomic E-state index is 0.0363. The molecule has 0 radical (unpaired) electrons. The number of nitrogens with zero attached hydrogens (tertiary/aromatic N) is 2. The third kappa shape index (κ3) is 2.00. The summed E-state index contributed by atoms with van der Waals surface area (Å²) in [5.74, 6) is 0. The molecule has 1 aliphatic rings. The Hall–Kier alpha value is -1.55. The zero-order valence-corrected chi connectivity index (χ0v) is 10.6. The number of amides is 2. The Morgan fingerprint density at radius 2 is 2.12 bits per heavy atom. The molecule has 1 fully saturated rings. The number of hydrogen-bond donors (Lipinski definition) is 1. The van der Waals surface area contributed by atoms with Gasteiger partial charge >= 0.3 is 6.03 Å². The van der Waals surface area contributed by atoms with Gasteiger partial charge in [-0.3, -0.25) is 4.90 Å². The summed E-state index contributed by atoms with van der Waals surface area (Å²) in [5, 5.41) is 0. The van der Waals surface area contributed by atoms with Gasteiger partial charge in [0.1, 0.15) is 0 Å². The lowest BCUT2D eigenvalue weighted by molar-refractivity contribution is 0.219. The minimum Gasteiger partial charge on any atom is -0.328 e. The molecular formula is C13H19N3O. The van der Waals surface area contributed by atoms with Crippen molar-refractivity contribution in [1.82, 2.24) is 4.90 Å². The third-order valence-electron chi connectivity index (χ3n) is 3.40. The Morgan fingerprint density at radius 1 is 1.41 bits per heavy atom. The number of urea groups is 1. The average Bonchev–Trinajstić information content (AvgIpc) is 2.59. The van der Waals surface area contributed by atoms with Crippen molar-refractivity contribution in [3.05, 3.63) is 29.3 Å². The molecule has 0 saturated carbocycles. The van der Waals surface area contributed by atoms with E-state index in [2.05, 4.69) is 12.1 Å². The van der Waals surface area contributed by atoms with Crippen molar-refractivity contribution < 1.29 is 4.79 Å². The maximum atomic E-state index is 12.1. The Bertz CT molecular complexity index is 444. The lowest BCUT2D eigenvalue weighted by Gasteiger charge is -2.18. The van der Waals surface area contributed by atoms with Gasteiger partial charge in [0.15, 0.2) is 0 Å². The van der Waals surface area contributed by atoms with E-state index in [0.717, 1.165) is 16.8 Å². The normalized spacial score (nSPS) is 20.2. The maximum Gasteiger partial charge on any atom is 0.324 e. The minimum absolute atomic E-state index is 0.0363. The van der Waals surface area contributed by atoms with E-state index in [-0.39, 0.29) is 12.1 Å². The largest absolute Gasteiger partial charge is 0.328 e. The van der Waals surface area contributed by atoms with E-state index in [9.17, 15) is 4.79 Å². The lowest BCUT2D eigenvalue weighted by Crippen LogP contribution is -2.35. The Labute approximate surface area is 102 Å². The van der Waals surface area contributed by atoms with Gasteiger partial charge in [0, 0.05) is 25.8 Å². The Kier molecular flexibility index (Phi) is 3.07. The SMILES string of the molecule is Cc1ccc(C)c(N2CC(CN)N(C)C2=O)c1. The Morgan fingerprint density at radius 3 is 2.71 bits per heavy atom. The first-order chi connectivity index (χ1) is 8.04. The van der Waals surface area contributed by atoms with Crippen molar-refractivity contribution in [3.8, 4) is 0 Å². The zero-order chi connectivity index (χ0) is 12.6. The lowest BCUT2D eigenvalue weighted by atomic mass is 10.1. The number of anilines is 1. The molecule has 0 aromatic heterocycles. The van der Waals surface area contributed by atoms with E-state index in [0.29, 0.717) is 13.1 Å². The summed E-state index contributed by atoms with van der Waals surface area (Å²) in [6.07, 6.45) is 0. The smallest absolute Gasteiger partial charge is 0.324 e. The highest BCUT2D eigenvalue weighted by molar-refractivity contribution is 5.95. The number of benzene rings is 1. The van der Waals surface area contributed by atoms with Crippen molar-refractivity contribution in [2.45, 2.75) is 19.9 Å². The molecule has 1 aromatic rings. The molecule has 1 aliphatic heterocycles. The number of carbonyl (C=O) groups is 1. The molecule has 4 heteroatoms. The quantitative estimate of drug-likeness (QED) is 0.841. The first-order valence-electron chi connectivity index (χ1n) is 5.86. The van der Waals surface area contributed by atoms with Crippen LogP contribution in [0.3, 0.4) is 0 Å². The summed E-state index contributed by atoms with van der Waals surface area (Å²) in [6.45, 7) is 5.24. The van der Waals surface area contributed by atoms with Gasteiger partial charge in [0.2, 0.25) is 0 Å². The average molecular weight is 233 g/mol. The highest BCUT2D eigenvalue weighted by Crippen LogP contribution is 2.26. The zero-order valence-electron chi connectivity index (χ0n) is 10.6. The second-order valence-electron chi connectivity index (χ2n) is 4.68. The third-order valence-corrected chi connectivity index (χ3v) is 3.40. The van der Waals surface area contributed by atoms with Crippen molar-refractivity contribution in [3.63, 3.8) is 0 Å². The molecule has 2 amide bonds. The first kappa shape index (κ1) is 11.9. The molecule has 1 unspecified atom stereocenters. The second-order valence-corrected chi connectivity index (χ2v) is 4.68. The standard InChI is InChI=1S/C13H19N3O/c1-9-4-5-10(2)12(6-9)16-8-11(7-14)15(3)13(16)17/h4-6,11H,7-8,14H2,1-3H3. The summed E-state index contributed by atoms with van der Waals surface area (Å²) in [4.78, 5) is 15.7. The number of nitrogens with two attached hydrogens (primary N) is 1. The summed E-state index contributed by atoms with van der Waals surface area (Å²) in [5.41, 5.74) is 8.96. The van der Waals surface area contributed by atoms with Gasteiger partial charge < -0.3 is 10.6 Å². The molecule has 4 nitrogen and oxygen atoms in total. The van der Waals surface area contributed by atoms with E-state index in [1.165, 1.54) is 0 Å². The van der Waals surface area contributed by atoms with Gasteiger partial charge in [0.05, 0.1) is 6.04 Å². The van der Waals surface area contributed by atoms with Gasteiger partial charge in [-0.05, 0) is 31.0 Å². The Balaban J connectivity index is 2.35. The highest BCUT2D eigenvalue weighted by Gasteiger charge is 2.34. The molecule has 2 rings (SSSR count). The molecule has 0 bridgehead atoms. The van der Waals surface area contributed by atoms with Crippen LogP contribution in [0.2, 0.25) is 0 Å². The number of hydrogen-bond acceptors (Lipinski definition) is 2. The van der Waals surface area contributed by atoms with Crippen molar-refractivity contribution in [1.29, 1.82) is 0 Å². The number of likely N-dealkylation sites (N-methyl/N-ethyl adjacent to an activating group) is 1. The molecule has 1 atom stereocenters. The maximum absolute atomic E-state index is 12.1. The topological polar surface area (TPSA) is 49.6 Å². The summed E-state index contributed by atoms with van der Waals surface area (Å²) in [6, 6.07) is 6.31. The van der Waals surface area contributed by atoms with Crippen LogP contribution in [0.1, 0.15) is 11.1 Å². The molecular weight excluding hydrogens is 214 g/mol. The molecule has 92 valence electrons. The van der Waals surface area contributed by atoms with Crippen LogP contribution in [-0.4, -0.2) is 37.1 Å². The van der Waals surface area contributed by atoms with E-state index < -0.39 is 0 Å². The van der Waals surface area contributed by atoms with Crippen LogP contribution < -0.4 is 10.6 Å². The van der Waals surface area contributed by atoms with E-state index in [1.54, 1.807) is 4.90 Å². The van der Waals surface area contributed by atoms with Gasteiger partial charge in [-0.15, -0.1) is 0 Å². The van der Waals surface area contributed by atoms with Gasteiger partial charge in [-0.25, -0.2) is 4.79 Å². The van der Waals surface area contributed by atoms with Crippen LogP contribution >= 0.6 is 0 Å². The fourth-order valence-electron chi connectivity index (χ4n) is 2.20. The van der Waals surface area contributed by atoms with E-state index >= 15 is 0 Å². The number of carbonyl (C=O) groups excluding carboxylic acids is 1. The van der Waals surface area contributed by atoms with Crippen LogP contribution in [0.15, 0.2) is 18.2 Å². The van der Waals surface area contributed by atoms with Gasteiger partial charge in [-0.2, -0.15) is 0 Å². The molecule has 1 saturated heterocycles. The first-order valence-corrected chi connectivity index (χ1v) is 5.86. The van der Waals surface area contributed by atoms with Crippen LogP contribution in [0.25, 0.3) is 0 Å². The van der Waals surface area contributed by atoms with Crippen LogP contribution in [0.4, 0.5) is 10.5 Å². The molecule has 1 heterocycles. The molecule has 2 N–H and O–H groups in total. The molecule has 0 aliphatic carbocycles. The van der Waals surface area contributed by atoms with Gasteiger partial charge in [0.25, 0.3) is 0 Å². The van der Waals surface area contributed by atoms with E-state index in [1.807, 2.05) is 31.9 Å². The fourth-order valence-corrected chi connectivity index (χ4v) is 2.20. The number of aryl methyl sites for hydroxylation is 2. The van der Waals surface area contributed by atoms with Crippen molar-refractivity contribution in [2.24, 2.45) is 5.73 Å². The predicted molar refractivity (Wildman–Crippen MR) is 69.3 cm³/mol. The van der Waals surface area contributed by atoms with Crippen molar-refractivity contribution in [2.75, 3.05) is 25.0 Å².